The van der Waals surface area contributed by atoms with E-state index in [0.717, 1.165) is 16.0 Å². The number of hydrogen-bond acceptors (Lipinski definition) is 8. The zero-order valence-electron chi connectivity index (χ0n) is 19.2. The van der Waals surface area contributed by atoms with E-state index in [1.54, 1.807) is 18.2 Å². The largest absolute Gasteiger partial charge is 0.391 e. The number of thioether (sulfide) groups is 1. The number of pyridine rings is 2. The number of nitriles is 1. The lowest BCUT2D eigenvalue weighted by atomic mass is 9.83. The number of carbonyl (C=O) groups excluding carboxylic acids is 2. The first kappa shape index (κ1) is 25.9. The number of anilines is 2. The van der Waals surface area contributed by atoms with Crippen molar-refractivity contribution in [1.82, 2.24) is 15.3 Å². The smallest absolute Gasteiger partial charge is 0.235 e. The third-order valence-corrected chi connectivity index (χ3v) is 7.40. The molecule has 186 valence electrons. The van der Waals surface area contributed by atoms with Crippen molar-refractivity contribution < 1.29 is 14.7 Å². The number of nitrogens with one attached hydrogen (secondary N) is 3. The SMILES string of the molecule is Cl.N#Cc1ccc2cccc(NC(=O)[C@@H]3CC[C@@H](NCc4ccc5c(n4)NC(=O)CS5)[C@H](O)C3)c2n1. The Labute approximate surface area is 218 Å². The lowest BCUT2D eigenvalue weighted by molar-refractivity contribution is -0.122. The molecule has 5 rings (SSSR count). The molecule has 0 saturated heterocycles. The molecule has 2 aliphatic rings. The van der Waals surface area contributed by atoms with Crippen molar-refractivity contribution in [1.29, 1.82) is 5.26 Å². The number of carbonyl (C=O) groups is 2. The second kappa shape index (κ2) is 11.2. The number of aromatic nitrogens is 2. The average Bonchev–Trinajstić information content (AvgIpc) is 2.87. The molecule has 1 aliphatic carbocycles. The summed E-state index contributed by atoms with van der Waals surface area (Å²) in [5, 5.41) is 29.8. The van der Waals surface area contributed by atoms with Crippen molar-refractivity contribution in [3.8, 4) is 6.07 Å². The van der Waals surface area contributed by atoms with Crippen LogP contribution in [0.25, 0.3) is 10.9 Å². The fourth-order valence-corrected chi connectivity index (χ4v) is 5.26. The van der Waals surface area contributed by atoms with Gasteiger partial charge in [0.15, 0.2) is 0 Å². The molecule has 0 unspecified atom stereocenters. The van der Waals surface area contributed by atoms with Crippen molar-refractivity contribution in [2.24, 2.45) is 5.92 Å². The predicted octanol–water partition coefficient (Wildman–Crippen LogP) is 3.23. The van der Waals surface area contributed by atoms with E-state index in [1.165, 1.54) is 11.8 Å². The minimum absolute atomic E-state index is 0. The number of aliphatic hydroxyl groups is 1. The van der Waals surface area contributed by atoms with Gasteiger partial charge >= 0.3 is 0 Å². The molecule has 2 amide bonds. The molecule has 36 heavy (non-hydrogen) atoms. The van der Waals surface area contributed by atoms with Crippen molar-refractivity contribution in [2.45, 2.75) is 42.8 Å². The zero-order valence-corrected chi connectivity index (χ0v) is 20.9. The van der Waals surface area contributed by atoms with Gasteiger partial charge in [0.1, 0.15) is 17.6 Å². The van der Waals surface area contributed by atoms with Gasteiger partial charge in [0, 0.05) is 23.9 Å². The molecule has 3 atom stereocenters. The molecule has 1 aliphatic heterocycles. The quantitative estimate of drug-likeness (QED) is 0.399. The Hall–Kier alpha value is -3.23. The van der Waals surface area contributed by atoms with E-state index >= 15 is 0 Å². The molecule has 0 spiro atoms. The minimum atomic E-state index is -0.678. The lowest BCUT2D eigenvalue weighted by Gasteiger charge is -2.33. The number of para-hydroxylation sites is 1. The summed E-state index contributed by atoms with van der Waals surface area (Å²) in [6.07, 6.45) is 0.939. The molecule has 11 heteroatoms. The highest BCUT2D eigenvalue weighted by Crippen LogP contribution is 2.31. The predicted molar refractivity (Wildman–Crippen MR) is 140 cm³/mol. The number of amides is 2. The highest BCUT2D eigenvalue weighted by atomic mass is 35.5. The molecular formula is C25H25ClN6O3S. The summed E-state index contributed by atoms with van der Waals surface area (Å²) < 4.78 is 0. The monoisotopic (exact) mass is 524 g/mol. The Morgan fingerprint density at radius 2 is 2.06 bits per heavy atom. The van der Waals surface area contributed by atoms with Crippen LogP contribution in [0.15, 0.2) is 47.4 Å². The Kier molecular flexibility index (Phi) is 8.06. The van der Waals surface area contributed by atoms with E-state index in [0.29, 0.717) is 48.6 Å². The van der Waals surface area contributed by atoms with Crippen LogP contribution in [0.2, 0.25) is 0 Å². The molecule has 0 bridgehead atoms. The summed E-state index contributed by atoms with van der Waals surface area (Å²) in [4.78, 5) is 34.4. The van der Waals surface area contributed by atoms with Crippen LogP contribution in [0.1, 0.15) is 30.7 Å². The molecule has 2 aromatic heterocycles. The van der Waals surface area contributed by atoms with Crippen LogP contribution in [0, 0.1) is 17.2 Å². The van der Waals surface area contributed by atoms with Crippen molar-refractivity contribution in [2.75, 3.05) is 16.4 Å². The second-order valence-electron chi connectivity index (χ2n) is 8.73. The van der Waals surface area contributed by atoms with Crippen LogP contribution in [-0.2, 0) is 16.1 Å². The maximum absolute atomic E-state index is 13.0. The highest BCUT2D eigenvalue weighted by molar-refractivity contribution is 8.00. The van der Waals surface area contributed by atoms with E-state index in [1.807, 2.05) is 30.3 Å². The Morgan fingerprint density at radius 1 is 1.19 bits per heavy atom. The number of halogens is 1. The molecule has 0 radical (unpaired) electrons. The summed E-state index contributed by atoms with van der Waals surface area (Å²) in [5.74, 6) is 0.427. The van der Waals surface area contributed by atoms with Gasteiger partial charge in [-0.3, -0.25) is 9.59 Å². The first-order valence-electron chi connectivity index (χ1n) is 11.4. The van der Waals surface area contributed by atoms with Crippen LogP contribution in [0.4, 0.5) is 11.5 Å². The van der Waals surface area contributed by atoms with E-state index in [2.05, 4.69) is 25.9 Å². The van der Waals surface area contributed by atoms with Gasteiger partial charge in [-0.2, -0.15) is 5.26 Å². The summed E-state index contributed by atoms with van der Waals surface area (Å²) in [5.41, 5.74) is 2.19. The molecule has 9 nitrogen and oxygen atoms in total. The second-order valence-corrected chi connectivity index (χ2v) is 9.74. The van der Waals surface area contributed by atoms with Gasteiger partial charge in [-0.25, -0.2) is 9.97 Å². The van der Waals surface area contributed by atoms with Crippen LogP contribution in [0.5, 0.6) is 0 Å². The van der Waals surface area contributed by atoms with E-state index in [-0.39, 0.29) is 41.9 Å². The maximum Gasteiger partial charge on any atom is 0.235 e. The van der Waals surface area contributed by atoms with Crippen molar-refractivity contribution >= 4 is 58.4 Å². The van der Waals surface area contributed by atoms with Gasteiger partial charge in [0.05, 0.1) is 33.7 Å². The number of benzene rings is 1. The summed E-state index contributed by atoms with van der Waals surface area (Å²) in [6.45, 7) is 0.454. The van der Waals surface area contributed by atoms with Gasteiger partial charge in [0.25, 0.3) is 0 Å². The van der Waals surface area contributed by atoms with Gasteiger partial charge in [-0.15, -0.1) is 24.2 Å². The van der Waals surface area contributed by atoms with Crippen LogP contribution in [-0.4, -0.2) is 44.8 Å². The van der Waals surface area contributed by atoms with Gasteiger partial charge in [-0.05, 0) is 49.6 Å². The molecule has 1 saturated carbocycles. The maximum atomic E-state index is 13.0. The summed E-state index contributed by atoms with van der Waals surface area (Å²) >= 11 is 1.47. The first-order chi connectivity index (χ1) is 17.0. The van der Waals surface area contributed by atoms with Crippen LogP contribution in [0.3, 0.4) is 0 Å². The van der Waals surface area contributed by atoms with Crippen LogP contribution < -0.4 is 16.0 Å². The topological polar surface area (TPSA) is 140 Å². The van der Waals surface area contributed by atoms with E-state index < -0.39 is 6.10 Å². The van der Waals surface area contributed by atoms with Gasteiger partial charge < -0.3 is 21.1 Å². The fourth-order valence-electron chi connectivity index (χ4n) is 4.51. The summed E-state index contributed by atoms with van der Waals surface area (Å²) in [6, 6.07) is 14.7. The number of aliphatic hydroxyl groups excluding tert-OH is 1. The molecule has 3 heterocycles. The zero-order chi connectivity index (χ0) is 24.4. The van der Waals surface area contributed by atoms with Gasteiger partial charge in [0.2, 0.25) is 11.8 Å². The lowest BCUT2D eigenvalue weighted by Crippen LogP contribution is -2.46. The van der Waals surface area contributed by atoms with E-state index in [9.17, 15) is 14.7 Å². The molecule has 3 aromatic rings. The number of hydrogen-bond donors (Lipinski definition) is 4. The van der Waals surface area contributed by atoms with E-state index in [4.69, 9.17) is 5.26 Å². The molecule has 4 N–H and O–H groups in total. The fraction of sp³-hybridized carbons (Fsp3) is 0.320. The molecular weight excluding hydrogens is 500 g/mol. The normalized spacial score (nSPS) is 21.0. The summed E-state index contributed by atoms with van der Waals surface area (Å²) in [7, 11) is 0. The Morgan fingerprint density at radius 3 is 2.86 bits per heavy atom. The average molecular weight is 525 g/mol. The van der Waals surface area contributed by atoms with Crippen molar-refractivity contribution in [3.05, 3.63) is 53.9 Å². The van der Waals surface area contributed by atoms with Crippen LogP contribution >= 0.6 is 24.2 Å². The Balaban J connectivity index is 0.00000304. The third-order valence-electron chi connectivity index (χ3n) is 6.36. The first-order valence-corrected chi connectivity index (χ1v) is 12.4. The number of rotatable bonds is 5. The Bertz CT molecular complexity index is 1350. The standard InChI is InChI=1S/C25H24N6O3S.ClH/c26-11-16-6-4-14-2-1-3-19(23(14)28-16)30-25(34)15-5-8-18(20(32)10-15)27-12-17-7-9-21-24(29-17)31-22(33)13-35-21;/h1-4,6-7,9,15,18,20,27,32H,5,8,10,12-13H2,(H,30,34)(H,29,31,33);1H/t15-,18-,20-;/m1./s1. The molecule has 1 fully saturated rings. The number of fused-ring (bicyclic) bond motifs is 2. The molecule has 1 aromatic carbocycles. The van der Waals surface area contributed by atoms with Gasteiger partial charge in [-0.1, -0.05) is 12.1 Å². The minimum Gasteiger partial charge on any atom is -0.391 e. The third kappa shape index (κ3) is 5.60. The van der Waals surface area contributed by atoms with Crippen molar-refractivity contribution in [3.63, 3.8) is 0 Å². The highest BCUT2D eigenvalue weighted by Gasteiger charge is 2.33. The number of nitrogens with zero attached hydrogens (tertiary/aromatic N) is 3.